The van der Waals surface area contributed by atoms with E-state index in [1.807, 2.05) is 23.7 Å². The molecule has 9 heteroatoms. The van der Waals surface area contributed by atoms with Crippen LogP contribution in [0.3, 0.4) is 0 Å². The summed E-state index contributed by atoms with van der Waals surface area (Å²) in [5.41, 5.74) is 8.29. The maximum Gasteiger partial charge on any atom is 0.253 e. The van der Waals surface area contributed by atoms with Gasteiger partial charge in [-0.05, 0) is 17.7 Å². The van der Waals surface area contributed by atoms with Crippen LogP contribution in [0.15, 0.2) is 24.3 Å². The molecule has 1 heterocycles. The molecule has 8 nitrogen and oxygen atoms in total. The summed E-state index contributed by atoms with van der Waals surface area (Å²) in [4.78, 5) is 12.1. The van der Waals surface area contributed by atoms with Crippen LogP contribution in [0.25, 0.3) is 0 Å². The van der Waals surface area contributed by atoms with Crippen molar-refractivity contribution in [1.82, 2.24) is 15.0 Å². The van der Waals surface area contributed by atoms with E-state index in [2.05, 4.69) is 25.6 Å². The Balaban J connectivity index is 2.07. The van der Waals surface area contributed by atoms with Gasteiger partial charge >= 0.3 is 0 Å². The molecule has 0 aliphatic heterocycles. The Labute approximate surface area is 126 Å². The number of hydrogen-bond donors (Lipinski definition) is 5. The first kappa shape index (κ1) is 15.2. The number of aromatic nitrogens is 3. The molecule has 1 aromatic heterocycles. The zero-order valence-corrected chi connectivity index (χ0v) is 11.9. The molecule has 0 aliphatic rings. The summed E-state index contributed by atoms with van der Waals surface area (Å²) < 4.78 is 0. The zero-order chi connectivity index (χ0) is 15.1. The maximum absolute atomic E-state index is 8.93. The van der Waals surface area contributed by atoms with Crippen LogP contribution < -0.4 is 21.8 Å². The molecular formula is C12H16ClN7O. The van der Waals surface area contributed by atoms with Crippen LogP contribution in [0.4, 0.5) is 17.8 Å². The van der Waals surface area contributed by atoms with Crippen molar-refractivity contribution in [3.63, 3.8) is 0 Å². The Morgan fingerprint density at radius 2 is 1.81 bits per heavy atom. The average molecular weight is 310 g/mol. The van der Waals surface area contributed by atoms with E-state index in [0.29, 0.717) is 36.6 Å². The topological polar surface area (TPSA) is 121 Å². The van der Waals surface area contributed by atoms with Crippen molar-refractivity contribution < 1.29 is 5.21 Å². The number of rotatable bonds is 7. The Morgan fingerprint density at radius 3 is 2.48 bits per heavy atom. The third kappa shape index (κ3) is 4.71. The molecule has 0 saturated carbocycles. The zero-order valence-electron chi connectivity index (χ0n) is 11.2. The fourth-order valence-corrected chi connectivity index (χ4v) is 1.81. The van der Waals surface area contributed by atoms with Crippen LogP contribution in [0.1, 0.15) is 5.56 Å². The highest BCUT2D eigenvalue weighted by Gasteiger charge is 2.05. The van der Waals surface area contributed by atoms with Gasteiger partial charge < -0.3 is 16.4 Å². The lowest BCUT2D eigenvalue weighted by atomic mass is 10.2. The van der Waals surface area contributed by atoms with Gasteiger partial charge in [-0.3, -0.25) is 5.21 Å². The largest absolute Gasteiger partial charge is 0.353 e. The number of hydrogen-bond acceptors (Lipinski definition) is 8. The van der Waals surface area contributed by atoms with Crippen molar-refractivity contribution >= 4 is 29.4 Å². The normalized spacial score (nSPS) is 10.2. The monoisotopic (exact) mass is 309 g/mol. The highest BCUT2D eigenvalue weighted by molar-refractivity contribution is 6.30. The van der Waals surface area contributed by atoms with Gasteiger partial charge in [0.25, 0.3) is 5.95 Å². The average Bonchev–Trinajstić information content (AvgIpc) is 2.51. The molecule has 0 radical (unpaired) electrons. The fraction of sp³-hybridized carbons (Fsp3) is 0.250. The Morgan fingerprint density at radius 1 is 1.10 bits per heavy atom. The Hall–Kier alpha value is -2.16. The number of halogens is 1. The Bertz CT molecular complexity index is 596. The first-order valence-corrected chi connectivity index (χ1v) is 6.67. The molecule has 6 N–H and O–H groups in total. The van der Waals surface area contributed by atoms with Crippen molar-refractivity contribution in [3.05, 3.63) is 34.9 Å². The van der Waals surface area contributed by atoms with Gasteiger partial charge in [-0.15, -0.1) is 0 Å². The lowest BCUT2D eigenvalue weighted by Gasteiger charge is -2.09. The first-order valence-electron chi connectivity index (χ1n) is 6.29. The van der Waals surface area contributed by atoms with Crippen molar-refractivity contribution in [2.75, 3.05) is 29.2 Å². The molecule has 0 fully saturated rings. The van der Waals surface area contributed by atoms with E-state index in [-0.39, 0.29) is 5.95 Å². The molecule has 0 unspecified atom stereocenters. The predicted octanol–water partition coefficient (Wildman–Crippen LogP) is 1.31. The first-order chi connectivity index (χ1) is 10.2. The van der Waals surface area contributed by atoms with E-state index in [4.69, 9.17) is 22.5 Å². The van der Waals surface area contributed by atoms with E-state index in [0.717, 1.165) is 5.56 Å². The molecule has 1 aromatic carbocycles. The summed E-state index contributed by atoms with van der Waals surface area (Å²) in [5.74, 6) is 0.680. The lowest BCUT2D eigenvalue weighted by Crippen LogP contribution is -2.16. The maximum atomic E-state index is 8.93. The number of benzene rings is 1. The third-order valence-corrected chi connectivity index (χ3v) is 2.74. The number of nitrogens with one attached hydrogen (secondary N) is 3. The summed E-state index contributed by atoms with van der Waals surface area (Å²) in [6.07, 6.45) is 0. The van der Waals surface area contributed by atoms with E-state index < -0.39 is 0 Å². The van der Waals surface area contributed by atoms with Crippen LogP contribution >= 0.6 is 11.6 Å². The van der Waals surface area contributed by atoms with Gasteiger partial charge in [-0.2, -0.15) is 15.0 Å². The number of nitrogens with two attached hydrogens (primary N) is 1. The van der Waals surface area contributed by atoms with E-state index >= 15 is 0 Å². The predicted molar refractivity (Wildman–Crippen MR) is 81.6 cm³/mol. The lowest BCUT2D eigenvalue weighted by molar-refractivity contribution is 0.382. The molecular weight excluding hydrogens is 294 g/mol. The fourth-order valence-electron chi connectivity index (χ4n) is 1.60. The molecule has 0 atom stereocenters. The second kappa shape index (κ2) is 7.58. The van der Waals surface area contributed by atoms with E-state index in [9.17, 15) is 0 Å². The molecule has 21 heavy (non-hydrogen) atoms. The summed E-state index contributed by atoms with van der Waals surface area (Å²) in [7, 11) is 0. The molecule has 0 bridgehead atoms. The van der Waals surface area contributed by atoms with Crippen LogP contribution in [0.5, 0.6) is 0 Å². The van der Waals surface area contributed by atoms with Crippen LogP contribution in [-0.2, 0) is 6.54 Å². The van der Waals surface area contributed by atoms with Crippen molar-refractivity contribution in [3.8, 4) is 0 Å². The van der Waals surface area contributed by atoms with Gasteiger partial charge in [0, 0.05) is 24.7 Å². The third-order valence-electron chi connectivity index (χ3n) is 2.50. The van der Waals surface area contributed by atoms with Crippen molar-refractivity contribution in [2.45, 2.75) is 6.54 Å². The second-order valence-corrected chi connectivity index (χ2v) is 4.55. The minimum absolute atomic E-state index is 0.0399. The SMILES string of the molecule is NCCNc1nc(NO)nc(NCc2cccc(Cl)c2)n1. The van der Waals surface area contributed by atoms with Gasteiger partial charge in [0.1, 0.15) is 0 Å². The molecule has 2 aromatic rings. The van der Waals surface area contributed by atoms with Gasteiger partial charge in [0.05, 0.1) is 0 Å². The van der Waals surface area contributed by atoms with E-state index in [1.54, 1.807) is 6.07 Å². The molecule has 0 saturated heterocycles. The number of nitrogens with zero attached hydrogens (tertiary/aromatic N) is 3. The standard InChI is InChI=1S/C12H16ClN7O/c13-9-3-1-2-8(6-9)7-16-11-17-10(15-5-4-14)18-12(19-11)20-21/h1-3,6,21H,4-5,7,14H2,(H3,15,16,17,18,19,20). The van der Waals surface area contributed by atoms with E-state index in [1.165, 1.54) is 0 Å². The quantitative estimate of drug-likeness (QED) is 0.485. The van der Waals surface area contributed by atoms with Gasteiger partial charge in [-0.25, -0.2) is 5.48 Å². The van der Waals surface area contributed by atoms with Gasteiger partial charge in [0.2, 0.25) is 11.9 Å². The molecule has 2 rings (SSSR count). The smallest absolute Gasteiger partial charge is 0.253 e. The summed E-state index contributed by atoms with van der Waals surface area (Å²) in [6, 6.07) is 7.44. The molecule has 0 spiro atoms. The van der Waals surface area contributed by atoms with Gasteiger partial charge in [-0.1, -0.05) is 23.7 Å². The molecule has 0 amide bonds. The van der Waals surface area contributed by atoms with Crippen molar-refractivity contribution in [1.29, 1.82) is 0 Å². The minimum Gasteiger partial charge on any atom is -0.353 e. The second-order valence-electron chi connectivity index (χ2n) is 4.12. The number of anilines is 3. The highest BCUT2D eigenvalue weighted by atomic mass is 35.5. The minimum atomic E-state index is 0.0399. The van der Waals surface area contributed by atoms with Crippen molar-refractivity contribution in [2.24, 2.45) is 5.73 Å². The molecule has 0 aliphatic carbocycles. The van der Waals surface area contributed by atoms with Crippen LogP contribution in [0, 0.1) is 0 Å². The molecule has 112 valence electrons. The van der Waals surface area contributed by atoms with Crippen LogP contribution in [0.2, 0.25) is 5.02 Å². The van der Waals surface area contributed by atoms with Crippen LogP contribution in [-0.4, -0.2) is 33.2 Å². The Kier molecular flexibility index (Phi) is 5.50. The summed E-state index contributed by atoms with van der Waals surface area (Å²) in [6.45, 7) is 1.45. The summed E-state index contributed by atoms with van der Waals surface area (Å²) >= 11 is 5.92. The summed E-state index contributed by atoms with van der Waals surface area (Å²) in [5, 5.41) is 15.5. The van der Waals surface area contributed by atoms with Gasteiger partial charge in [0.15, 0.2) is 0 Å². The highest BCUT2D eigenvalue weighted by Crippen LogP contribution is 2.13.